The van der Waals surface area contributed by atoms with Gasteiger partial charge in [-0.25, -0.2) is 15.0 Å². The lowest BCUT2D eigenvalue weighted by molar-refractivity contribution is -0.0526. The van der Waals surface area contributed by atoms with Crippen molar-refractivity contribution >= 4 is 36.8 Å². The third kappa shape index (κ3) is 1.94. The minimum atomic E-state index is -2.18. The average molecular weight is 345 g/mol. The molecule has 2 saturated heterocycles. The number of halogens is 1. The van der Waals surface area contributed by atoms with Crippen LogP contribution in [0, 0.1) is 0 Å². The normalized spacial score (nSPS) is 36.6. The molecule has 2 aromatic rings. The van der Waals surface area contributed by atoms with Gasteiger partial charge < -0.3 is 10.5 Å². The molecule has 0 spiro atoms. The second kappa shape index (κ2) is 4.81. The Labute approximate surface area is 130 Å². The number of fused-ring (bicyclic) bond motifs is 2. The maximum absolute atomic E-state index is 11.5. The fraction of sp³-hybridized carbons (Fsp3) is 0.545. The van der Waals surface area contributed by atoms with Crippen molar-refractivity contribution < 1.29 is 18.3 Å². The van der Waals surface area contributed by atoms with E-state index in [-0.39, 0.29) is 12.4 Å². The van der Waals surface area contributed by atoms with Gasteiger partial charge >= 0.3 is 8.25 Å². The Morgan fingerprint density at radius 3 is 3.14 bits per heavy atom. The molecule has 11 heteroatoms. The summed E-state index contributed by atoms with van der Waals surface area (Å²) in [5, 5.41) is 0. The van der Waals surface area contributed by atoms with Gasteiger partial charge in [-0.1, -0.05) is 0 Å². The number of nitrogens with two attached hydrogens (primary N) is 1. The zero-order chi connectivity index (χ0) is 15.5. The molecule has 1 unspecified atom stereocenters. The monoisotopic (exact) mass is 344 g/mol. The van der Waals surface area contributed by atoms with E-state index in [0.29, 0.717) is 11.2 Å². The zero-order valence-electron chi connectivity index (χ0n) is 11.4. The summed E-state index contributed by atoms with van der Waals surface area (Å²) < 4.78 is 29.4. The molecule has 0 saturated carbocycles. The lowest BCUT2D eigenvalue weighted by Gasteiger charge is -2.26. The largest absolute Gasteiger partial charge is 0.697 e. The molecule has 22 heavy (non-hydrogen) atoms. The number of imidazole rings is 1. The van der Waals surface area contributed by atoms with Crippen LogP contribution in [0.5, 0.6) is 0 Å². The van der Waals surface area contributed by atoms with Crippen LogP contribution in [0.4, 0.5) is 5.82 Å². The lowest BCUT2D eigenvalue weighted by Crippen LogP contribution is -2.42. The van der Waals surface area contributed by atoms with Crippen LogP contribution < -0.4 is 5.73 Å². The summed E-state index contributed by atoms with van der Waals surface area (Å²) in [7, 11) is -2.18. The van der Waals surface area contributed by atoms with E-state index in [9.17, 15) is 4.57 Å². The number of ether oxygens (including phenoxy) is 1. The van der Waals surface area contributed by atoms with E-state index in [1.807, 2.05) is 0 Å². The number of aromatic nitrogens is 4. The van der Waals surface area contributed by atoms with Crippen molar-refractivity contribution in [1.82, 2.24) is 19.5 Å². The summed E-state index contributed by atoms with van der Waals surface area (Å²) >= 11 is 6.65. The van der Waals surface area contributed by atoms with Crippen LogP contribution >= 0.6 is 19.9 Å². The summed E-state index contributed by atoms with van der Waals surface area (Å²) in [6.07, 6.45) is 1.29. The number of hydrogen-bond donors (Lipinski definition) is 1. The molecule has 2 N–H and O–H groups in total. The molecule has 2 aliphatic heterocycles. The zero-order valence-corrected chi connectivity index (χ0v) is 13.1. The van der Waals surface area contributed by atoms with Gasteiger partial charge in [0.25, 0.3) is 0 Å². The minimum absolute atomic E-state index is 0.155. The highest BCUT2D eigenvalue weighted by atomic mass is 35.5. The third-order valence-electron chi connectivity index (χ3n) is 3.86. The van der Waals surface area contributed by atoms with Gasteiger partial charge in [0, 0.05) is 4.57 Å². The number of hydrogen-bond acceptors (Lipinski definition) is 8. The van der Waals surface area contributed by atoms with Crippen molar-refractivity contribution in [3.05, 3.63) is 12.7 Å². The molecule has 4 rings (SSSR count). The Kier molecular flexibility index (Phi) is 3.11. The summed E-state index contributed by atoms with van der Waals surface area (Å²) in [6, 6.07) is 0. The Morgan fingerprint density at radius 2 is 2.32 bits per heavy atom. The molecule has 5 atom stereocenters. The highest BCUT2D eigenvalue weighted by Crippen LogP contribution is 2.51. The van der Waals surface area contributed by atoms with Crippen LogP contribution in [-0.4, -0.2) is 43.2 Å². The highest BCUT2D eigenvalue weighted by Gasteiger charge is 2.61. The maximum atomic E-state index is 11.5. The molecule has 0 amide bonds. The Morgan fingerprint density at radius 1 is 1.50 bits per heavy atom. The smallest absolute Gasteiger partial charge is 0.382 e. The number of nitrogens with zero attached hydrogens (tertiary/aromatic N) is 4. The van der Waals surface area contributed by atoms with Crippen molar-refractivity contribution in [2.75, 3.05) is 12.3 Å². The standard InChI is InChI=1S/C11H12ClN5O4P/c1-11(12)7-5(2-19-22(18)21-7)20-10(11)17-4-16-6-8(13)14-3-15-9(6)17/h3-5,7,10H,2H2,1H3,(H2,13,14,15)/q+1/t5-,7-,10-,11-/m1/s1. The van der Waals surface area contributed by atoms with Gasteiger partial charge in [0.1, 0.15) is 29.4 Å². The van der Waals surface area contributed by atoms with Gasteiger partial charge in [-0.3, -0.25) is 4.57 Å². The molecule has 116 valence electrons. The van der Waals surface area contributed by atoms with Crippen LogP contribution in [0.3, 0.4) is 0 Å². The Hall–Kier alpha value is -1.38. The van der Waals surface area contributed by atoms with Crippen LogP contribution in [0.15, 0.2) is 12.7 Å². The first kappa shape index (κ1) is 14.2. The molecule has 0 bridgehead atoms. The maximum Gasteiger partial charge on any atom is 0.697 e. The van der Waals surface area contributed by atoms with Crippen molar-refractivity contribution in [3.8, 4) is 0 Å². The SMILES string of the molecule is C[C@@]1(Cl)[C@@H]2O[P+](=O)OC[C@H]2O[C@H]1n1cnc2c(N)ncnc21. The van der Waals surface area contributed by atoms with E-state index in [1.54, 1.807) is 17.8 Å². The van der Waals surface area contributed by atoms with Crippen LogP contribution in [0.1, 0.15) is 13.2 Å². The fourth-order valence-corrected chi connectivity index (χ4v) is 4.08. The summed E-state index contributed by atoms with van der Waals surface area (Å²) in [6.45, 7) is 1.91. The number of rotatable bonds is 1. The van der Waals surface area contributed by atoms with Crippen molar-refractivity contribution in [2.24, 2.45) is 0 Å². The number of nitrogen functional groups attached to an aromatic ring is 1. The predicted octanol–water partition coefficient (Wildman–Crippen LogP) is 1.38. The van der Waals surface area contributed by atoms with Gasteiger partial charge in [0.2, 0.25) is 0 Å². The molecular weight excluding hydrogens is 333 g/mol. The third-order valence-corrected chi connectivity index (χ3v) is 5.03. The Balaban J connectivity index is 1.78. The van der Waals surface area contributed by atoms with Crippen molar-refractivity contribution in [3.63, 3.8) is 0 Å². The quantitative estimate of drug-likeness (QED) is 0.609. The van der Waals surface area contributed by atoms with Gasteiger partial charge in [-0.15, -0.1) is 20.6 Å². The predicted molar refractivity (Wildman–Crippen MR) is 76.3 cm³/mol. The molecule has 0 aromatic carbocycles. The lowest BCUT2D eigenvalue weighted by atomic mass is 10.0. The van der Waals surface area contributed by atoms with E-state index in [4.69, 9.17) is 31.1 Å². The molecule has 2 aromatic heterocycles. The fourth-order valence-electron chi connectivity index (χ4n) is 2.81. The molecule has 4 heterocycles. The summed E-state index contributed by atoms with van der Waals surface area (Å²) in [4.78, 5) is 11.3. The molecule has 0 aliphatic carbocycles. The van der Waals surface area contributed by atoms with Gasteiger partial charge in [-0.2, -0.15) is 0 Å². The van der Waals surface area contributed by atoms with E-state index in [0.717, 1.165) is 0 Å². The number of alkyl halides is 1. The molecule has 2 fully saturated rings. The van der Waals surface area contributed by atoms with E-state index >= 15 is 0 Å². The Bertz CT molecular complexity index is 768. The first-order valence-corrected chi connectivity index (χ1v) is 8.00. The minimum Gasteiger partial charge on any atom is -0.382 e. The highest BCUT2D eigenvalue weighted by molar-refractivity contribution is 7.33. The van der Waals surface area contributed by atoms with Gasteiger partial charge in [0.15, 0.2) is 23.8 Å². The van der Waals surface area contributed by atoms with Gasteiger partial charge in [0.05, 0.1) is 6.33 Å². The second-order valence-corrected chi connectivity index (χ2v) is 7.04. The van der Waals surface area contributed by atoms with E-state index in [1.165, 1.54) is 6.33 Å². The number of anilines is 1. The van der Waals surface area contributed by atoms with Gasteiger partial charge in [-0.05, 0) is 6.92 Å². The summed E-state index contributed by atoms with van der Waals surface area (Å²) in [5.41, 5.74) is 6.76. The average Bonchev–Trinajstić information content (AvgIpc) is 3.00. The van der Waals surface area contributed by atoms with Crippen molar-refractivity contribution in [2.45, 2.75) is 30.2 Å². The second-order valence-electron chi connectivity index (χ2n) is 5.31. The van der Waals surface area contributed by atoms with E-state index in [2.05, 4.69) is 15.0 Å². The van der Waals surface area contributed by atoms with Crippen LogP contribution in [0.25, 0.3) is 11.2 Å². The van der Waals surface area contributed by atoms with E-state index < -0.39 is 31.6 Å². The molecular formula is C11H12ClN5O4P+. The summed E-state index contributed by atoms with van der Waals surface area (Å²) in [5.74, 6) is 0.276. The molecule has 0 radical (unpaired) electrons. The first-order chi connectivity index (χ1) is 10.5. The molecule has 2 aliphatic rings. The first-order valence-electron chi connectivity index (χ1n) is 6.53. The van der Waals surface area contributed by atoms with Crippen LogP contribution in [0.2, 0.25) is 0 Å². The topological polar surface area (TPSA) is 114 Å². The molecule has 9 nitrogen and oxygen atoms in total. The van der Waals surface area contributed by atoms with Crippen LogP contribution in [-0.2, 0) is 18.3 Å². The van der Waals surface area contributed by atoms with Crippen molar-refractivity contribution in [1.29, 1.82) is 0 Å².